The Morgan fingerprint density at radius 2 is 1.64 bits per heavy atom. The van der Waals surface area contributed by atoms with Crippen LogP contribution in [-0.2, 0) is 16.0 Å². The lowest BCUT2D eigenvalue weighted by Gasteiger charge is -2.08. The molecule has 8 heteroatoms. The summed E-state index contributed by atoms with van der Waals surface area (Å²) in [5.41, 5.74) is 4.79. The number of hydrogen-bond acceptors (Lipinski definition) is 7. The highest BCUT2D eigenvalue weighted by Crippen LogP contribution is 2.37. The second-order valence-corrected chi connectivity index (χ2v) is 9.43. The molecule has 2 aromatic carbocycles. The highest BCUT2D eigenvalue weighted by Gasteiger charge is 2.17. The number of thiophene rings is 1. The first kappa shape index (κ1) is 22.9. The highest BCUT2D eigenvalue weighted by atomic mass is 79.9. The molecule has 2 aromatic heterocycles. The number of aldehydes is 1. The molecule has 4 rings (SSSR count). The molecule has 0 bridgehead atoms. The van der Waals surface area contributed by atoms with Crippen LogP contribution >= 0.6 is 27.3 Å². The van der Waals surface area contributed by atoms with Crippen molar-refractivity contribution in [2.45, 2.75) is 27.2 Å². The maximum absolute atomic E-state index is 12.4. The van der Waals surface area contributed by atoms with Gasteiger partial charge in [-0.3, -0.25) is 19.6 Å². The summed E-state index contributed by atoms with van der Waals surface area (Å²) in [4.78, 5) is 45.3. The zero-order valence-electron chi connectivity index (χ0n) is 18.1. The van der Waals surface area contributed by atoms with Crippen molar-refractivity contribution in [1.82, 2.24) is 9.97 Å². The summed E-state index contributed by atoms with van der Waals surface area (Å²) in [6.07, 6.45) is 0.714. The average Bonchev–Trinajstić information content (AvgIpc) is 3.12. The molecule has 33 heavy (non-hydrogen) atoms. The SMILES string of the molecule is Cc1nc(C)c(CC(=O)OC(=O)c2ccc(-c3ccc4sc(C=O)c(Br)c4c3)cc2)nc1C. The van der Waals surface area contributed by atoms with Crippen molar-refractivity contribution in [2.24, 2.45) is 0 Å². The van der Waals surface area contributed by atoms with Gasteiger partial charge in [-0.1, -0.05) is 18.2 Å². The van der Waals surface area contributed by atoms with Gasteiger partial charge in [0.05, 0.1) is 39.6 Å². The molecule has 2 heterocycles. The Bertz CT molecular complexity index is 1410. The minimum absolute atomic E-state index is 0.123. The largest absolute Gasteiger partial charge is 0.389 e. The summed E-state index contributed by atoms with van der Waals surface area (Å²) in [5, 5.41) is 0.957. The van der Waals surface area contributed by atoms with Gasteiger partial charge < -0.3 is 4.74 Å². The highest BCUT2D eigenvalue weighted by molar-refractivity contribution is 9.10. The van der Waals surface area contributed by atoms with Crippen LogP contribution in [0.5, 0.6) is 0 Å². The summed E-state index contributed by atoms with van der Waals surface area (Å²) in [6.45, 7) is 5.44. The van der Waals surface area contributed by atoms with Crippen molar-refractivity contribution >= 4 is 55.6 Å². The van der Waals surface area contributed by atoms with Crippen molar-refractivity contribution in [3.63, 3.8) is 0 Å². The Balaban J connectivity index is 1.48. The quantitative estimate of drug-likeness (QED) is 0.187. The van der Waals surface area contributed by atoms with E-state index in [1.165, 1.54) is 11.3 Å². The molecule has 0 aliphatic heterocycles. The van der Waals surface area contributed by atoms with Crippen molar-refractivity contribution in [3.05, 3.63) is 80.2 Å². The maximum Gasteiger partial charge on any atom is 0.345 e. The molecule has 0 aliphatic rings. The Kier molecular flexibility index (Phi) is 6.49. The number of carbonyl (C=O) groups excluding carboxylic acids is 3. The van der Waals surface area contributed by atoms with Gasteiger partial charge in [-0.2, -0.15) is 0 Å². The van der Waals surface area contributed by atoms with Crippen LogP contribution < -0.4 is 0 Å². The van der Waals surface area contributed by atoms with Gasteiger partial charge in [0.25, 0.3) is 0 Å². The summed E-state index contributed by atoms with van der Waals surface area (Å²) < 4.78 is 6.80. The Morgan fingerprint density at radius 1 is 0.970 bits per heavy atom. The molecule has 0 aliphatic carbocycles. The average molecular weight is 523 g/mol. The first-order valence-electron chi connectivity index (χ1n) is 10.1. The molecule has 0 saturated carbocycles. The second kappa shape index (κ2) is 9.33. The fourth-order valence-corrected chi connectivity index (χ4v) is 5.09. The Labute approximate surface area is 202 Å². The van der Waals surface area contributed by atoms with Gasteiger partial charge in [-0.25, -0.2) is 4.79 Å². The van der Waals surface area contributed by atoms with Crippen LogP contribution in [0.1, 0.15) is 42.8 Å². The lowest BCUT2D eigenvalue weighted by molar-refractivity contribution is -0.137. The molecule has 0 spiro atoms. The molecule has 0 saturated heterocycles. The normalized spacial score (nSPS) is 10.9. The van der Waals surface area contributed by atoms with E-state index in [1.54, 1.807) is 31.2 Å². The fraction of sp³-hybridized carbons (Fsp3) is 0.160. The van der Waals surface area contributed by atoms with Crippen LogP contribution in [0.2, 0.25) is 0 Å². The summed E-state index contributed by atoms with van der Waals surface area (Å²) in [7, 11) is 0. The Morgan fingerprint density at radius 3 is 2.33 bits per heavy atom. The zero-order valence-corrected chi connectivity index (χ0v) is 20.5. The van der Waals surface area contributed by atoms with E-state index in [4.69, 9.17) is 4.74 Å². The summed E-state index contributed by atoms with van der Waals surface area (Å²) in [6, 6.07) is 12.7. The standard InChI is InChI=1S/C25H19BrN2O4S/c1-13-14(2)28-20(15(3)27-13)11-23(30)32-25(31)17-6-4-16(5-7-17)18-8-9-21-19(10-18)24(26)22(12-29)33-21/h4-10,12H,11H2,1-3H3. The van der Waals surface area contributed by atoms with E-state index >= 15 is 0 Å². The number of aromatic nitrogens is 2. The lowest BCUT2D eigenvalue weighted by Crippen LogP contribution is -2.16. The first-order chi connectivity index (χ1) is 15.8. The van der Waals surface area contributed by atoms with Gasteiger partial charge in [-0.15, -0.1) is 11.3 Å². The van der Waals surface area contributed by atoms with E-state index in [2.05, 4.69) is 25.9 Å². The molecule has 0 N–H and O–H groups in total. The van der Waals surface area contributed by atoms with Crippen LogP contribution in [0.15, 0.2) is 46.9 Å². The molecule has 4 aromatic rings. The number of benzene rings is 2. The van der Waals surface area contributed by atoms with Crippen molar-refractivity contribution in [1.29, 1.82) is 0 Å². The van der Waals surface area contributed by atoms with E-state index in [-0.39, 0.29) is 12.0 Å². The molecular formula is C25H19BrN2O4S. The van der Waals surface area contributed by atoms with Gasteiger partial charge in [0.1, 0.15) is 0 Å². The maximum atomic E-state index is 12.4. The van der Waals surface area contributed by atoms with Crippen molar-refractivity contribution in [3.8, 4) is 11.1 Å². The lowest BCUT2D eigenvalue weighted by atomic mass is 10.0. The van der Waals surface area contributed by atoms with Crippen LogP contribution in [0.25, 0.3) is 21.2 Å². The summed E-state index contributed by atoms with van der Waals surface area (Å²) in [5.74, 6) is -1.39. The van der Waals surface area contributed by atoms with Gasteiger partial charge in [-0.05, 0) is 72.1 Å². The number of rotatable bonds is 5. The predicted octanol–water partition coefficient (Wildman–Crippen LogP) is 5.78. The van der Waals surface area contributed by atoms with Crippen LogP contribution in [0, 0.1) is 20.8 Å². The number of nitrogens with zero attached hydrogens (tertiary/aromatic N) is 2. The number of aryl methyl sites for hydroxylation is 3. The number of fused-ring (bicyclic) bond motifs is 1. The third-order valence-electron chi connectivity index (χ3n) is 5.31. The van der Waals surface area contributed by atoms with Crippen molar-refractivity contribution < 1.29 is 19.1 Å². The van der Waals surface area contributed by atoms with E-state index in [0.29, 0.717) is 16.3 Å². The minimum atomic E-state index is -0.715. The van der Waals surface area contributed by atoms with E-state index < -0.39 is 11.9 Å². The molecule has 0 amide bonds. The van der Waals surface area contributed by atoms with Gasteiger partial charge in [0, 0.05) is 14.6 Å². The van der Waals surface area contributed by atoms with E-state index in [9.17, 15) is 14.4 Å². The molecule has 0 fully saturated rings. The van der Waals surface area contributed by atoms with Crippen LogP contribution in [0.3, 0.4) is 0 Å². The van der Waals surface area contributed by atoms with E-state index in [1.807, 2.05) is 32.0 Å². The minimum Gasteiger partial charge on any atom is -0.389 e. The third-order valence-corrected chi connectivity index (χ3v) is 7.52. The summed E-state index contributed by atoms with van der Waals surface area (Å²) >= 11 is 4.91. The molecular weight excluding hydrogens is 504 g/mol. The van der Waals surface area contributed by atoms with Gasteiger partial charge >= 0.3 is 11.9 Å². The van der Waals surface area contributed by atoms with E-state index in [0.717, 1.165) is 43.4 Å². The van der Waals surface area contributed by atoms with Crippen LogP contribution in [-0.4, -0.2) is 28.2 Å². The number of ether oxygens (including phenoxy) is 1. The topological polar surface area (TPSA) is 86.2 Å². The van der Waals surface area contributed by atoms with Crippen molar-refractivity contribution in [2.75, 3.05) is 0 Å². The molecule has 0 unspecified atom stereocenters. The number of hydrogen-bond donors (Lipinski definition) is 0. The smallest absolute Gasteiger partial charge is 0.345 e. The van der Waals surface area contributed by atoms with Gasteiger partial charge in [0.2, 0.25) is 0 Å². The fourth-order valence-electron chi connectivity index (χ4n) is 3.40. The number of carbonyl (C=O) groups is 3. The molecule has 0 atom stereocenters. The Hall–Kier alpha value is -3.23. The van der Waals surface area contributed by atoms with Crippen LogP contribution in [0.4, 0.5) is 0 Å². The zero-order chi connectivity index (χ0) is 23.7. The van der Waals surface area contributed by atoms with Gasteiger partial charge in [0.15, 0.2) is 6.29 Å². The number of halogens is 1. The monoisotopic (exact) mass is 522 g/mol. The molecule has 166 valence electrons. The predicted molar refractivity (Wildman–Crippen MR) is 131 cm³/mol. The second-order valence-electron chi connectivity index (χ2n) is 7.55. The first-order valence-corrected chi connectivity index (χ1v) is 11.7. The molecule has 6 nitrogen and oxygen atoms in total. The third kappa shape index (κ3) is 4.77. The number of esters is 2. The molecule has 0 radical (unpaired) electrons.